The van der Waals surface area contributed by atoms with Gasteiger partial charge in [-0.15, -0.1) is 0 Å². The molecular weight excluding hydrogens is 248 g/mol. The molecule has 0 spiro atoms. The highest BCUT2D eigenvalue weighted by Crippen LogP contribution is 2.13. The predicted molar refractivity (Wildman–Crippen MR) is 83.7 cm³/mol. The topological polar surface area (TPSA) is 38.5 Å². The lowest BCUT2D eigenvalue weighted by Gasteiger charge is -2.21. The summed E-state index contributed by atoms with van der Waals surface area (Å²) in [4.78, 5) is 2.33. The summed E-state index contributed by atoms with van der Waals surface area (Å²) in [7, 11) is 0. The van der Waals surface area contributed by atoms with Crippen molar-refractivity contribution in [2.24, 2.45) is 0 Å². The molecule has 0 unspecified atom stereocenters. The number of rotatable bonds is 7. The lowest BCUT2D eigenvalue weighted by molar-refractivity contribution is 0.210. The van der Waals surface area contributed by atoms with Gasteiger partial charge in [0.05, 0.1) is 0 Å². The van der Waals surface area contributed by atoms with Crippen LogP contribution >= 0.6 is 0 Å². The molecule has 2 aromatic carbocycles. The molecule has 106 valence electrons. The molecule has 0 saturated heterocycles. The minimum absolute atomic E-state index is 0.685. The molecule has 3 heteroatoms. The molecule has 3 nitrogen and oxygen atoms in total. The van der Waals surface area contributed by atoms with Gasteiger partial charge in [0, 0.05) is 18.8 Å². The standard InChI is InChI=1S/C17H22N2O/c1-2-19(14-15-8-6-7-11-17(15)18)12-13-20-16-9-4-3-5-10-16/h3-11H,2,12-14,18H2,1H3. The number of benzene rings is 2. The van der Waals surface area contributed by atoms with Gasteiger partial charge in [0.25, 0.3) is 0 Å². The number of hydrogen-bond acceptors (Lipinski definition) is 3. The first kappa shape index (κ1) is 14.4. The second kappa shape index (κ2) is 7.56. The van der Waals surface area contributed by atoms with Crippen molar-refractivity contribution in [3.63, 3.8) is 0 Å². The van der Waals surface area contributed by atoms with Crippen molar-refractivity contribution >= 4 is 5.69 Å². The first-order valence-corrected chi connectivity index (χ1v) is 7.03. The lowest BCUT2D eigenvalue weighted by atomic mass is 10.1. The van der Waals surface area contributed by atoms with Crippen molar-refractivity contribution in [2.75, 3.05) is 25.4 Å². The molecular formula is C17H22N2O. The number of anilines is 1. The Labute approximate surface area is 121 Å². The van der Waals surface area contributed by atoms with Crippen molar-refractivity contribution in [3.8, 4) is 5.75 Å². The minimum atomic E-state index is 0.685. The number of ether oxygens (including phenoxy) is 1. The summed E-state index contributed by atoms with van der Waals surface area (Å²) in [6.45, 7) is 5.57. The Bertz CT molecular complexity index is 513. The highest BCUT2D eigenvalue weighted by Gasteiger charge is 2.06. The van der Waals surface area contributed by atoms with Crippen LogP contribution in [0.1, 0.15) is 12.5 Å². The highest BCUT2D eigenvalue weighted by atomic mass is 16.5. The molecule has 0 aromatic heterocycles. The molecule has 2 aromatic rings. The zero-order chi connectivity index (χ0) is 14.2. The van der Waals surface area contributed by atoms with Gasteiger partial charge in [-0.05, 0) is 30.3 Å². The molecule has 0 radical (unpaired) electrons. The van der Waals surface area contributed by atoms with Crippen LogP contribution in [0.2, 0.25) is 0 Å². The molecule has 0 amide bonds. The van der Waals surface area contributed by atoms with Gasteiger partial charge in [-0.1, -0.05) is 43.3 Å². The lowest BCUT2D eigenvalue weighted by Crippen LogP contribution is -2.28. The monoisotopic (exact) mass is 270 g/mol. The largest absolute Gasteiger partial charge is 0.492 e. The van der Waals surface area contributed by atoms with E-state index >= 15 is 0 Å². The fourth-order valence-electron chi connectivity index (χ4n) is 2.08. The van der Waals surface area contributed by atoms with Gasteiger partial charge >= 0.3 is 0 Å². The molecule has 0 saturated carbocycles. The molecule has 2 N–H and O–H groups in total. The van der Waals surface area contributed by atoms with Gasteiger partial charge in [-0.3, -0.25) is 4.90 Å². The van der Waals surface area contributed by atoms with Crippen molar-refractivity contribution < 1.29 is 4.74 Å². The molecule has 0 bridgehead atoms. The van der Waals surface area contributed by atoms with E-state index in [9.17, 15) is 0 Å². The van der Waals surface area contributed by atoms with E-state index < -0.39 is 0 Å². The third-order valence-corrected chi connectivity index (χ3v) is 3.32. The molecule has 0 fully saturated rings. The summed E-state index contributed by atoms with van der Waals surface area (Å²) in [6, 6.07) is 17.9. The van der Waals surface area contributed by atoms with Crippen LogP contribution in [0.15, 0.2) is 54.6 Å². The predicted octanol–water partition coefficient (Wildman–Crippen LogP) is 3.17. The number of hydrogen-bond donors (Lipinski definition) is 1. The van der Waals surface area contributed by atoms with Crippen LogP contribution in [0.3, 0.4) is 0 Å². The van der Waals surface area contributed by atoms with Crippen LogP contribution in [0.5, 0.6) is 5.75 Å². The fraction of sp³-hybridized carbons (Fsp3) is 0.294. The van der Waals surface area contributed by atoms with E-state index in [1.165, 1.54) is 5.56 Å². The Morgan fingerprint density at radius 3 is 2.40 bits per heavy atom. The molecule has 0 aliphatic rings. The van der Waals surface area contributed by atoms with E-state index in [0.29, 0.717) is 6.61 Å². The fourth-order valence-corrected chi connectivity index (χ4v) is 2.08. The quantitative estimate of drug-likeness (QED) is 0.785. The van der Waals surface area contributed by atoms with Gasteiger partial charge in [0.15, 0.2) is 0 Å². The Kier molecular flexibility index (Phi) is 5.44. The Morgan fingerprint density at radius 2 is 1.70 bits per heavy atom. The third kappa shape index (κ3) is 4.28. The maximum absolute atomic E-state index is 5.99. The summed E-state index contributed by atoms with van der Waals surface area (Å²) in [5.41, 5.74) is 8.02. The summed E-state index contributed by atoms with van der Waals surface area (Å²) >= 11 is 0. The molecule has 0 aliphatic carbocycles. The van der Waals surface area contributed by atoms with Crippen molar-refractivity contribution in [1.82, 2.24) is 4.90 Å². The summed E-state index contributed by atoms with van der Waals surface area (Å²) in [5, 5.41) is 0. The molecule has 0 aliphatic heterocycles. The number of likely N-dealkylation sites (N-methyl/N-ethyl adjacent to an activating group) is 1. The van der Waals surface area contributed by atoms with Crippen molar-refractivity contribution in [2.45, 2.75) is 13.5 Å². The summed E-state index contributed by atoms with van der Waals surface area (Å²) < 4.78 is 5.73. The van der Waals surface area contributed by atoms with Gasteiger partial charge in [-0.25, -0.2) is 0 Å². The van der Waals surface area contributed by atoms with E-state index in [4.69, 9.17) is 10.5 Å². The van der Waals surface area contributed by atoms with Crippen LogP contribution in [-0.2, 0) is 6.54 Å². The van der Waals surface area contributed by atoms with Crippen LogP contribution in [0.4, 0.5) is 5.69 Å². The second-order valence-electron chi connectivity index (χ2n) is 4.73. The first-order valence-electron chi connectivity index (χ1n) is 7.03. The van der Waals surface area contributed by atoms with Crippen molar-refractivity contribution in [1.29, 1.82) is 0 Å². The molecule has 20 heavy (non-hydrogen) atoms. The average molecular weight is 270 g/mol. The molecule has 2 rings (SSSR count). The molecule has 0 atom stereocenters. The average Bonchev–Trinajstić information content (AvgIpc) is 2.49. The van der Waals surface area contributed by atoms with Gasteiger partial charge in [0.2, 0.25) is 0 Å². The maximum Gasteiger partial charge on any atom is 0.119 e. The smallest absolute Gasteiger partial charge is 0.119 e. The van der Waals surface area contributed by atoms with E-state index in [2.05, 4.69) is 17.9 Å². The second-order valence-corrected chi connectivity index (χ2v) is 4.73. The SMILES string of the molecule is CCN(CCOc1ccccc1)Cc1ccccc1N. The number of para-hydroxylation sites is 2. The van der Waals surface area contributed by atoms with Crippen molar-refractivity contribution in [3.05, 3.63) is 60.2 Å². The van der Waals surface area contributed by atoms with Crippen LogP contribution < -0.4 is 10.5 Å². The summed E-state index contributed by atoms with van der Waals surface area (Å²) in [5.74, 6) is 0.919. The first-order chi connectivity index (χ1) is 9.79. The van der Waals surface area contributed by atoms with Gasteiger partial charge < -0.3 is 10.5 Å². The molecule has 0 heterocycles. The van der Waals surface area contributed by atoms with Crippen LogP contribution in [0, 0.1) is 0 Å². The Balaban J connectivity index is 1.82. The van der Waals surface area contributed by atoms with E-state index in [0.717, 1.165) is 31.1 Å². The Hall–Kier alpha value is -2.00. The number of nitrogens with zero attached hydrogens (tertiary/aromatic N) is 1. The van der Waals surface area contributed by atoms with E-state index in [1.54, 1.807) is 0 Å². The number of nitrogen functional groups attached to an aromatic ring is 1. The third-order valence-electron chi connectivity index (χ3n) is 3.32. The van der Waals surface area contributed by atoms with Crippen LogP contribution in [-0.4, -0.2) is 24.6 Å². The maximum atomic E-state index is 5.99. The highest BCUT2D eigenvalue weighted by molar-refractivity contribution is 5.46. The summed E-state index contributed by atoms with van der Waals surface area (Å²) in [6.07, 6.45) is 0. The zero-order valence-electron chi connectivity index (χ0n) is 12.0. The minimum Gasteiger partial charge on any atom is -0.492 e. The zero-order valence-corrected chi connectivity index (χ0v) is 12.0. The van der Waals surface area contributed by atoms with Gasteiger partial charge in [0.1, 0.15) is 12.4 Å². The normalized spacial score (nSPS) is 10.7. The van der Waals surface area contributed by atoms with Crippen LogP contribution in [0.25, 0.3) is 0 Å². The van der Waals surface area contributed by atoms with E-state index in [-0.39, 0.29) is 0 Å². The number of nitrogens with two attached hydrogens (primary N) is 1. The van der Waals surface area contributed by atoms with Gasteiger partial charge in [-0.2, -0.15) is 0 Å². The van der Waals surface area contributed by atoms with E-state index in [1.807, 2.05) is 48.5 Å². The Morgan fingerprint density at radius 1 is 1.00 bits per heavy atom.